The number of nitrogens with one attached hydrogen (secondary N) is 1. The Kier molecular flexibility index (Phi) is 76.3. The van der Waals surface area contributed by atoms with Crippen LogP contribution in [-0.2, 0) is 14.3 Å². The van der Waals surface area contributed by atoms with Gasteiger partial charge in [-0.1, -0.05) is 417 Å². The molecule has 0 saturated carbocycles. The molecule has 0 fully saturated rings. The standard InChI is InChI=1S/C82H159NO5/c1-3-5-7-9-11-13-15-17-19-46-50-54-58-62-66-70-74-80(85)79(78-84)83-81(86)75-71-67-63-59-55-51-47-44-42-40-38-36-34-32-30-28-26-24-22-21-23-25-27-29-31-33-35-37-39-41-43-45-49-53-57-61-65-69-73-77-88-82(87)76-72-68-64-60-56-52-48-20-18-16-14-12-10-8-6-4-2/h21-22,25,27,79-80,84-85H,3-20,23-24,26,28-78H2,1-2H3,(H,83,86)/b22-21-,27-25-. The third kappa shape index (κ3) is 73.4. The number of ether oxygens (including phenoxy) is 1. The average Bonchev–Trinajstić information content (AvgIpc) is 3.58. The minimum Gasteiger partial charge on any atom is -0.466 e. The maximum Gasteiger partial charge on any atom is 0.305 e. The highest BCUT2D eigenvalue weighted by Crippen LogP contribution is 2.20. The SMILES string of the molecule is CCCCCCCCCCCCCCCCCCC(=O)OCCCCCCCCCCCCCCCCC/C=C\C/C=C\CCCCCCCCCCCCCCCCCCCC(=O)NC(CO)C(O)CCCCCCCCCCCCCCCCCC. The fourth-order valence-electron chi connectivity index (χ4n) is 13.1. The number of allylic oxidation sites excluding steroid dienone is 4. The van der Waals surface area contributed by atoms with Crippen molar-refractivity contribution < 1.29 is 24.5 Å². The highest BCUT2D eigenvalue weighted by molar-refractivity contribution is 5.76. The van der Waals surface area contributed by atoms with Crippen LogP contribution in [0.4, 0.5) is 0 Å². The van der Waals surface area contributed by atoms with Gasteiger partial charge in [0.05, 0.1) is 25.4 Å². The van der Waals surface area contributed by atoms with Gasteiger partial charge in [-0.3, -0.25) is 9.59 Å². The van der Waals surface area contributed by atoms with Crippen molar-refractivity contribution in [2.24, 2.45) is 0 Å². The highest BCUT2D eigenvalue weighted by Gasteiger charge is 2.20. The molecule has 522 valence electrons. The Morgan fingerprint density at radius 1 is 0.318 bits per heavy atom. The van der Waals surface area contributed by atoms with Gasteiger partial charge in [-0.2, -0.15) is 0 Å². The first-order chi connectivity index (χ1) is 43.5. The van der Waals surface area contributed by atoms with E-state index in [-0.39, 0.29) is 18.5 Å². The minimum absolute atomic E-state index is 0.0248. The maximum atomic E-state index is 12.5. The first-order valence-corrected chi connectivity index (χ1v) is 40.6. The van der Waals surface area contributed by atoms with E-state index in [9.17, 15) is 19.8 Å². The zero-order valence-corrected chi connectivity index (χ0v) is 60.0. The molecule has 0 bridgehead atoms. The number of carbonyl (C=O) groups is 2. The summed E-state index contributed by atoms with van der Waals surface area (Å²) >= 11 is 0. The molecule has 1 amide bonds. The van der Waals surface area contributed by atoms with Gasteiger partial charge < -0.3 is 20.3 Å². The number of aliphatic hydroxyl groups excluding tert-OH is 2. The van der Waals surface area contributed by atoms with Crippen LogP contribution in [0.2, 0.25) is 0 Å². The molecule has 0 spiro atoms. The molecule has 6 heteroatoms. The summed E-state index contributed by atoms with van der Waals surface area (Å²) in [4.78, 5) is 24.6. The van der Waals surface area contributed by atoms with Gasteiger partial charge in [-0.25, -0.2) is 0 Å². The smallest absolute Gasteiger partial charge is 0.305 e. The maximum absolute atomic E-state index is 12.5. The van der Waals surface area contributed by atoms with Crippen LogP contribution in [0, 0.1) is 0 Å². The van der Waals surface area contributed by atoms with Crippen molar-refractivity contribution in [2.75, 3.05) is 13.2 Å². The summed E-state index contributed by atoms with van der Waals surface area (Å²) in [6, 6.07) is -0.539. The third-order valence-electron chi connectivity index (χ3n) is 19.3. The van der Waals surface area contributed by atoms with Crippen LogP contribution in [0.1, 0.15) is 463 Å². The van der Waals surface area contributed by atoms with Crippen LogP contribution >= 0.6 is 0 Å². The molecule has 0 rings (SSSR count). The second-order valence-electron chi connectivity index (χ2n) is 28.1. The van der Waals surface area contributed by atoms with Crippen LogP contribution in [0.3, 0.4) is 0 Å². The summed E-state index contributed by atoms with van der Waals surface area (Å²) in [6.07, 6.45) is 100. The Balaban J connectivity index is 3.33. The second-order valence-corrected chi connectivity index (χ2v) is 28.1. The number of unbranched alkanes of at least 4 members (excludes halogenated alkanes) is 62. The van der Waals surface area contributed by atoms with Crippen LogP contribution in [-0.4, -0.2) is 47.4 Å². The lowest BCUT2D eigenvalue weighted by Crippen LogP contribution is -2.45. The summed E-state index contributed by atoms with van der Waals surface area (Å²) in [6.45, 7) is 5.01. The Morgan fingerprint density at radius 3 is 0.864 bits per heavy atom. The van der Waals surface area contributed by atoms with Gasteiger partial charge in [0.25, 0.3) is 0 Å². The van der Waals surface area contributed by atoms with Crippen molar-refractivity contribution in [2.45, 2.75) is 475 Å². The van der Waals surface area contributed by atoms with Gasteiger partial charge in [0.15, 0.2) is 0 Å². The van der Waals surface area contributed by atoms with Crippen molar-refractivity contribution in [1.29, 1.82) is 0 Å². The van der Waals surface area contributed by atoms with E-state index in [1.54, 1.807) is 0 Å². The van der Waals surface area contributed by atoms with E-state index in [0.717, 1.165) is 44.9 Å². The fraction of sp³-hybridized carbons (Fsp3) is 0.927. The topological polar surface area (TPSA) is 95.9 Å². The highest BCUT2D eigenvalue weighted by atomic mass is 16.5. The van der Waals surface area contributed by atoms with E-state index in [0.29, 0.717) is 25.9 Å². The Bertz CT molecular complexity index is 1380. The number of carbonyl (C=O) groups excluding carboxylic acids is 2. The average molecular weight is 1240 g/mol. The van der Waals surface area contributed by atoms with E-state index in [2.05, 4.69) is 43.5 Å². The van der Waals surface area contributed by atoms with Crippen LogP contribution in [0.5, 0.6) is 0 Å². The lowest BCUT2D eigenvalue weighted by molar-refractivity contribution is -0.143. The van der Waals surface area contributed by atoms with E-state index in [4.69, 9.17) is 4.74 Å². The fourth-order valence-corrected chi connectivity index (χ4v) is 13.1. The minimum atomic E-state index is -0.662. The Hall–Kier alpha value is -1.66. The zero-order chi connectivity index (χ0) is 63.5. The van der Waals surface area contributed by atoms with E-state index in [1.165, 1.54) is 385 Å². The molecule has 3 N–H and O–H groups in total. The zero-order valence-electron chi connectivity index (χ0n) is 60.0. The predicted octanol–water partition coefficient (Wildman–Crippen LogP) is 26.8. The number of hydrogen-bond acceptors (Lipinski definition) is 5. The molecule has 0 aromatic rings. The third-order valence-corrected chi connectivity index (χ3v) is 19.3. The number of rotatable bonds is 77. The lowest BCUT2D eigenvalue weighted by atomic mass is 10.0. The summed E-state index contributed by atoms with van der Waals surface area (Å²) < 4.78 is 5.51. The van der Waals surface area contributed by atoms with E-state index in [1.807, 2.05) is 0 Å². The summed E-state index contributed by atoms with van der Waals surface area (Å²) in [5, 5.41) is 23.4. The molecule has 0 radical (unpaired) electrons. The molecule has 2 unspecified atom stereocenters. The Morgan fingerprint density at radius 2 is 0.568 bits per heavy atom. The second kappa shape index (κ2) is 77.8. The first-order valence-electron chi connectivity index (χ1n) is 40.6. The van der Waals surface area contributed by atoms with Gasteiger partial charge in [-0.05, 0) is 57.8 Å². The molecule has 0 aliphatic heterocycles. The molecule has 0 aromatic carbocycles. The molecular formula is C82H159NO5. The monoisotopic (exact) mass is 1240 g/mol. The molecule has 0 heterocycles. The van der Waals surface area contributed by atoms with Gasteiger partial charge in [-0.15, -0.1) is 0 Å². The molecule has 6 nitrogen and oxygen atoms in total. The van der Waals surface area contributed by atoms with Crippen molar-refractivity contribution in [3.63, 3.8) is 0 Å². The number of hydrogen-bond donors (Lipinski definition) is 3. The number of amides is 1. The van der Waals surface area contributed by atoms with E-state index < -0.39 is 12.1 Å². The first kappa shape index (κ1) is 86.3. The van der Waals surface area contributed by atoms with Gasteiger partial charge in [0.2, 0.25) is 5.91 Å². The number of esters is 1. The molecule has 88 heavy (non-hydrogen) atoms. The van der Waals surface area contributed by atoms with Gasteiger partial charge in [0, 0.05) is 12.8 Å². The van der Waals surface area contributed by atoms with Crippen LogP contribution in [0.25, 0.3) is 0 Å². The van der Waals surface area contributed by atoms with Crippen molar-refractivity contribution in [1.82, 2.24) is 5.32 Å². The molecule has 0 saturated heterocycles. The normalized spacial score (nSPS) is 12.5. The summed E-state index contributed by atoms with van der Waals surface area (Å²) in [7, 11) is 0. The Labute approximate surface area is 551 Å². The van der Waals surface area contributed by atoms with Crippen molar-refractivity contribution in [3.8, 4) is 0 Å². The van der Waals surface area contributed by atoms with E-state index >= 15 is 0 Å². The summed E-state index contributed by atoms with van der Waals surface area (Å²) in [5.41, 5.74) is 0. The molecule has 0 aromatic heterocycles. The molecular weight excluding hydrogens is 1080 g/mol. The van der Waals surface area contributed by atoms with Gasteiger partial charge >= 0.3 is 5.97 Å². The van der Waals surface area contributed by atoms with Crippen molar-refractivity contribution in [3.05, 3.63) is 24.3 Å². The molecule has 0 aliphatic rings. The van der Waals surface area contributed by atoms with Crippen LogP contribution < -0.4 is 5.32 Å². The predicted molar refractivity (Wildman–Crippen MR) is 389 cm³/mol. The largest absolute Gasteiger partial charge is 0.466 e. The summed E-state index contributed by atoms with van der Waals surface area (Å²) in [5.74, 6) is -0.00310. The molecule has 0 aliphatic carbocycles. The van der Waals surface area contributed by atoms with Crippen molar-refractivity contribution >= 4 is 11.9 Å². The lowest BCUT2D eigenvalue weighted by Gasteiger charge is -2.22. The quantitative estimate of drug-likeness (QED) is 0.0320. The molecule has 2 atom stereocenters. The number of aliphatic hydroxyl groups is 2. The van der Waals surface area contributed by atoms with Gasteiger partial charge in [0.1, 0.15) is 0 Å². The van der Waals surface area contributed by atoms with Crippen LogP contribution in [0.15, 0.2) is 24.3 Å².